The van der Waals surface area contributed by atoms with Gasteiger partial charge in [0.1, 0.15) is 18.6 Å². The van der Waals surface area contributed by atoms with Gasteiger partial charge in [0.15, 0.2) is 0 Å². The largest absolute Gasteiger partial charge is 0.481 e. The van der Waals surface area contributed by atoms with Crippen LogP contribution in [0.5, 0.6) is 5.75 Å². The standard InChI is InChI=1S/C20H25NO2S/c1-14-6-8-17(13-16(14)3)23-12-4-5-18-10-11-19(24-18)9-7-15(2)20(21)22/h6,8,10-11,13,15,20,22H,7,9,12,21H2,1-3H3/t15-,20?/m1/s1. The van der Waals surface area contributed by atoms with Gasteiger partial charge in [0.2, 0.25) is 0 Å². The van der Waals surface area contributed by atoms with E-state index in [0.29, 0.717) is 6.61 Å². The quantitative estimate of drug-likeness (QED) is 0.622. The van der Waals surface area contributed by atoms with Crippen molar-refractivity contribution >= 4 is 11.3 Å². The first-order valence-electron chi connectivity index (χ1n) is 8.17. The average molecular weight is 343 g/mol. The van der Waals surface area contributed by atoms with E-state index in [1.54, 1.807) is 11.3 Å². The molecule has 3 N–H and O–H groups in total. The summed E-state index contributed by atoms with van der Waals surface area (Å²) in [5.74, 6) is 7.16. The van der Waals surface area contributed by atoms with E-state index in [2.05, 4.69) is 37.8 Å². The molecule has 0 fully saturated rings. The van der Waals surface area contributed by atoms with E-state index in [-0.39, 0.29) is 5.92 Å². The summed E-state index contributed by atoms with van der Waals surface area (Å²) in [6.45, 7) is 6.50. The van der Waals surface area contributed by atoms with Crippen LogP contribution in [0.1, 0.15) is 34.2 Å². The second kappa shape index (κ2) is 8.89. The van der Waals surface area contributed by atoms with Crippen LogP contribution in [0.15, 0.2) is 30.3 Å². The molecule has 4 heteroatoms. The molecule has 0 saturated heterocycles. The smallest absolute Gasteiger partial charge is 0.149 e. The summed E-state index contributed by atoms with van der Waals surface area (Å²) >= 11 is 1.69. The van der Waals surface area contributed by atoms with Crippen molar-refractivity contribution in [3.8, 4) is 17.6 Å². The van der Waals surface area contributed by atoms with Gasteiger partial charge in [-0.3, -0.25) is 0 Å². The fourth-order valence-corrected chi connectivity index (χ4v) is 3.06. The Bertz CT molecular complexity index is 725. The van der Waals surface area contributed by atoms with Gasteiger partial charge in [-0.2, -0.15) is 0 Å². The fraction of sp³-hybridized carbons (Fsp3) is 0.400. The van der Waals surface area contributed by atoms with Crippen molar-refractivity contribution in [3.05, 3.63) is 51.2 Å². The lowest BCUT2D eigenvalue weighted by atomic mass is 10.0. The van der Waals surface area contributed by atoms with Crippen molar-refractivity contribution in [2.75, 3.05) is 6.61 Å². The number of rotatable bonds is 6. The number of aliphatic hydroxyl groups excluding tert-OH is 1. The van der Waals surface area contributed by atoms with Crippen molar-refractivity contribution in [2.45, 2.75) is 39.8 Å². The van der Waals surface area contributed by atoms with Gasteiger partial charge in [-0.25, -0.2) is 0 Å². The molecule has 0 saturated carbocycles. The van der Waals surface area contributed by atoms with Gasteiger partial charge >= 0.3 is 0 Å². The molecule has 0 aliphatic carbocycles. The van der Waals surface area contributed by atoms with Crippen LogP contribution in [0.3, 0.4) is 0 Å². The normalized spacial score (nSPS) is 13.0. The van der Waals surface area contributed by atoms with Crippen LogP contribution in [0.4, 0.5) is 0 Å². The van der Waals surface area contributed by atoms with Crippen molar-refractivity contribution in [2.24, 2.45) is 11.7 Å². The molecule has 0 aliphatic heterocycles. The van der Waals surface area contributed by atoms with Crippen LogP contribution in [-0.2, 0) is 6.42 Å². The molecule has 0 spiro atoms. The molecule has 2 rings (SSSR count). The summed E-state index contributed by atoms with van der Waals surface area (Å²) in [7, 11) is 0. The maximum atomic E-state index is 9.32. The molecule has 2 aromatic rings. The summed E-state index contributed by atoms with van der Waals surface area (Å²) in [5, 5.41) is 9.32. The summed E-state index contributed by atoms with van der Waals surface area (Å²) in [4.78, 5) is 2.30. The number of ether oxygens (including phenoxy) is 1. The number of hydrogen-bond donors (Lipinski definition) is 2. The number of benzene rings is 1. The number of thiophene rings is 1. The SMILES string of the molecule is Cc1ccc(OCC#Cc2ccc(CC[C@@H](C)C(N)O)s2)cc1C. The molecule has 0 amide bonds. The van der Waals surface area contributed by atoms with E-state index < -0.39 is 6.23 Å². The maximum absolute atomic E-state index is 9.32. The molecule has 1 aromatic heterocycles. The first kappa shape index (κ1) is 18.5. The Morgan fingerprint density at radius 3 is 2.71 bits per heavy atom. The highest BCUT2D eigenvalue weighted by atomic mass is 32.1. The van der Waals surface area contributed by atoms with Crippen LogP contribution in [0.2, 0.25) is 0 Å². The van der Waals surface area contributed by atoms with Gasteiger partial charge in [0.05, 0.1) is 4.88 Å². The zero-order chi connectivity index (χ0) is 17.5. The van der Waals surface area contributed by atoms with Gasteiger partial charge in [-0.15, -0.1) is 11.3 Å². The summed E-state index contributed by atoms with van der Waals surface area (Å²) in [6, 6.07) is 10.2. The van der Waals surface area contributed by atoms with Crippen molar-refractivity contribution in [3.63, 3.8) is 0 Å². The highest BCUT2D eigenvalue weighted by Crippen LogP contribution is 2.20. The van der Waals surface area contributed by atoms with Gasteiger partial charge in [0.25, 0.3) is 0 Å². The highest BCUT2D eigenvalue weighted by molar-refractivity contribution is 7.12. The molecule has 1 heterocycles. The maximum Gasteiger partial charge on any atom is 0.149 e. The number of aryl methyl sites for hydroxylation is 3. The summed E-state index contributed by atoms with van der Waals surface area (Å²) < 4.78 is 5.67. The Balaban J connectivity index is 1.82. The van der Waals surface area contributed by atoms with Gasteiger partial charge in [-0.1, -0.05) is 24.8 Å². The molecule has 0 bridgehead atoms. The Kier molecular flexibility index (Phi) is 6.86. The third kappa shape index (κ3) is 5.68. The fourth-order valence-electron chi connectivity index (χ4n) is 2.17. The lowest BCUT2D eigenvalue weighted by Crippen LogP contribution is -2.27. The monoisotopic (exact) mass is 343 g/mol. The first-order chi connectivity index (χ1) is 11.5. The van der Waals surface area contributed by atoms with E-state index in [0.717, 1.165) is 23.5 Å². The van der Waals surface area contributed by atoms with E-state index in [1.807, 2.05) is 25.1 Å². The van der Waals surface area contributed by atoms with E-state index in [1.165, 1.54) is 16.0 Å². The third-order valence-electron chi connectivity index (χ3n) is 4.09. The molecule has 0 radical (unpaired) electrons. The van der Waals surface area contributed by atoms with E-state index in [9.17, 15) is 5.11 Å². The Morgan fingerprint density at radius 2 is 2.00 bits per heavy atom. The predicted molar refractivity (Wildman–Crippen MR) is 100 cm³/mol. The minimum absolute atomic E-state index is 0.105. The zero-order valence-electron chi connectivity index (χ0n) is 14.5. The van der Waals surface area contributed by atoms with Crippen LogP contribution in [0, 0.1) is 31.6 Å². The number of nitrogens with two attached hydrogens (primary N) is 1. The van der Waals surface area contributed by atoms with Gasteiger partial charge < -0.3 is 15.6 Å². The van der Waals surface area contributed by atoms with Crippen LogP contribution >= 0.6 is 11.3 Å². The molecule has 24 heavy (non-hydrogen) atoms. The minimum Gasteiger partial charge on any atom is -0.481 e. The first-order valence-corrected chi connectivity index (χ1v) is 8.98. The highest BCUT2D eigenvalue weighted by Gasteiger charge is 2.09. The Morgan fingerprint density at radius 1 is 1.21 bits per heavy atom. The molecule has 3 nitrogen and oxygen atoms in total. The third-order valence-corrected chi connectivity index (χ3v) is 5.15. The lowest BCUT2D eigenvalue weighted by molar-refractivity contribution is 0.119. The topological polar surface area (TPSA) is 55.5 Å². The lowest BCUT2D eigenvalue weighted by Gasteiger charge is -2.12. The zero-order valence-corrected chi connectivity index (χ0v) is 15.3. The minimum atomic E-state index is -0.744. The van der Waals surface area contributed by atoms with Gasteiger partial charge in [-0.05, 0) is 68.0 Å². The van der Waals surface area contributed by atoms with Crippen molar-refractivity contribution in [1.29, 1.82) is 0 Å². The van der Waals surface area contributed by atoms with Gasteiger partial charge in [0, 0.05) is 4.88 Å². The molecule has 2 atom stereocenters. The summed E-state index contributed by atoms with van der Waals surface area (Å²) in [5.41, 5.74) is 7.96. The Labute approximate surface area is 148 Å². The number of hydrogen-bond acceptors (Lipinski definition) is 4. The predicted octanol–water partition coefficient (Wildman–Crippen LogP) is 3.64. The molecular weight excluding hydrogens is 318 g/mol. The van der Waals surface area contributed by atoms with Crippen LogP contribution in [0.25, 0.3) is 0 Å². The van der Waals surface area contributed by atoms with Crippen molar-refractivity contribution < 1.29 is 9.84 Å². The van der Waals surface area contributed by atoms with E-state index >= 15 is 0 Å². The summed E-state index contributed by atoms with van der Waals surface area (Å²) in [6.07, 6.45) is 1.05. The van der Waals surface area contributed by atoms with Crippen LogP contribution in [-0.4, -0.2) is 17.9 Å². The molecule has 1 unspecified atom stereocenters. The average Bonchev–Trinajstić information content (AvgIpc) is 3.00. The van der Waals surface area contributed by atoms with E-state index in [4.69, 9.17) is 10.5 Å². The molecular formula is C20H25NO2S. The second-order valence-corrected chi connectivity index (χ2v) is 7.28. The molecule has 1 aromatic carbocycles. The second-order valence-electron chi connectivity index (χ2n) is 6.11. The molecule has 128 valence electrons. The van der Waals surface area contributed by atoms with Crippen molar-refractivity contribution in [1.82, 2.24) is 0 Å². The molecule has 0 aliphatic rings. The number of aliphatic hydroxyl groups is 1. The Hall–Kier alpha value is -1.80. The van der Waals surface area contributed by atoms with Crippen LogP contribution < -0.4 is 10.5 Å².